The molecule has 1 aromatic rings. The summed E-state index contributed by atoms with van der Waals surface area (Å²) in [6.45, 7) is 4.42. The van der Waals surface area contributed by atoms with Gasteiger partial charge in [0.25, 0.3) is 0 Å². The number of hydrogen-bond acceptors (Lipinski definition) is 5. The lowest BCUT2D eigenvalue weighted by Crippen LogP contribution is -2.10. The highest BCUT2D eigenvalue weighted by molar-refractivity contribution is 7.99. The van der Waals surface area contributed by atoms with E-state index in [4.69, 9.17) is 4.74 Å². The van der Waals surface area contributed by atoms with Gasteiger partial charge >= 0.3 is 5.97 Å². The average molecular weight is 282 g/mol. The molecule has 1 aliphatic carbocycles. The fourth-order valence-corrected chi connectivity index (χ4v) is 2.55. The number of hydrogen-bond donors (Lipinski definition) is 1. The number of aromatic nitrogens is 2. The molecule has 1 heterocycles. The Hall–Kier alpha value is -1.14. The topological polar surface area (TPSA) is 72.3 Å². The lowest BCUT2D eigenvalue weighted by atomic mass is 10.2. The van der Waals surface area contributed by atoms with Gasteiger partial charge in [-0.3, -0.25) is 0 Å². The first-order valence-electron chi connectivity index (χ1n) is 6.43. The van der Waals surface area contributed by atoms with Crippen LogP contribution >= 0.6 is 11.8 Å². The van der Waals surface area contributed by atoms with Crippen LogP contribution in [0.4, 0.5) is 0 Å². The number of aromatic carboxylic acids is 1. The van der Waals surface area contributed by atoms with Crippen LogP contribution in [-0.2, 0) is 11.2 Å². The van der Waals surface area contributed by atoms with Gasteiger partial charge in [-0.15, -0.1) is 0 Å². The first-order valence-corrected chi connectivity index (χ1v) is 7.41. The second-order valence-corrected chi connectivity index (χ2v) is 5.55. The summed E-state index contributed by atoms with van der Waals surface area (Å²) in [5, 5.41) is 9.74. The van der Waals surface area contributed by atoms with E-state index < -0.39 is 5.97 Å². The van der Waals surface area contributed by atoms with Gasteiger partial charge in [0.15, 0.2) is 0 Å². The first-order chi connectivity index (χ1) is 9.11. The third-order valence-electron chi connectivity index (χ3n) is 2.96. The molecule has 1 N–H and O–H groups in total. The Kier molecular flexibility index (Phi) is 4.76. The molecule has 104 valence electrons. The van der Waals surface area contributed by atoms with E-state index in [1.165, 1.54) is 24.6 Å². The van der Waals surface area contributed by atoms with Crippen molar-refractivity contribution < 1.29 is 14.6 Å². The minimum absolute atomic E-state index is 0.192. The normalized spacial score (nSPS) is 14.6. The molecule has 1 saturated carbocycles. The van der Waals surface area contributed by atoms with E-state index in [-0.39, 0.29) is 5.56 Å². The molecule has 0 saturated heterocycles. The molecule has 19 heavy (non-hydrogen) atoms. The van der Waals surface area contributed by atoms with Gasteiger partial charge in [-0.05, 0) is 25.7 Å². The van der Waals surface area contributed by atoms with E-state index in [0.717, 1.165) is 6.61 Å². The molecule has 2 rings (SSSR count). The number of ether oxygens (including phenoxy) is 1. The number of thioether (sulfide) groups is 1. The largest absolute Gasteiger partial charge is 0.478 e. The zero-order valence-corrected chi connectivity index (χ0v) is 12.0. The molecule has 0 bridgehead atoms. The molecule has 0 aliphatic heterocycles. The summed E-state index contributed by atoms with van der Waals surface area (Å²) >= 11 is 1.33. The lowest BCUT2D eigenvalue weighted by molar-refractivity contribution is 0.0690. The maximum Gasteiger partial charge on any atom is 0.340 e. The van der Waals surface area contributed by atoms with E-state index in [0.29, 0.717) is 34.8 Å². The standard InChI is InChI=1S/C13H18N2O3S/c1-3-10-14-8(2)11(13(16)17)12(15-10)19-7-18-6-9-4-5-9/h9H,3-7H2,1-2H3,(H,16,17). The maximum atomic E-state index is 11.3. The molecular weight excluding hydrogens is 264 g/mol. The van der Waals surface area contributed by atoms with Crippen molar-refractivity contribution >= 4 is 17.7 Å². The van der Waals surface area contributed by atoms with E-state index in [1.54, 1.807) is 6.92 Å². The van der Waals surface area contributed by atoms with Gasteiger partial charge in [-0.25, -0.2) is 14.8 Å². The van der Waals surface area contributed by atoms with Crippen LogP contribution in [0.5, 0.6) is 0 Å². The van der Waals surface area contributed by atoms with Crippen LogP contribution in [0, 0.1) is 12.8 Å². The molecule has 0 aromatic carbocycles. The number of nitrogens with zero attached hydrogens (tertiary/aromatic N) is 2. The predicted octanol–water partition coefficient (Wildman–Crippen LogP) is 2.52. The lowest BCUT2D eigenvalue weighted by Gasteiger charge is -2.09. The summed E-state index contributed by atoms with van der Waals surface area (Å²) in [5.74, 6) is 0.839. The Balaban J connectivity index is 2.06. The summed E-state index contributed by atoms with van der Waals surface area (Å²) in [5.41, 5.74) is 0.710. The number of carbonyl (C=O) groups is 1. The monoisotopic (exact) mass is 282 g/mol. The van der Waals surface area contributed by atoms with Crippen LogP contribution in [0.25, 0.3) is 0 Å². The fraction of sp³-hybridized carbons (Fsp3) is 0.615. The molecule has 0 spiro atoms. The molecule has 0 radical (unpaired) electrons. The van der Waals surface area contributed by atoms with Gasteiger partial charge in [0, 0.05) is 6.42 Å². The summed E-state index contributed by atoms with van der Waals surface area (Å²) < 4.78 is 5.52. The van der Waals surface area contributed by atoms with E-state index >= 15 is 0 Å². The van der Waals surface area contributed by atoms with Gasteiger partial charge < -0.3 is 9.84 Å². The molecule has 1 fully saturated rings. The first kappa shape index (κ1) is 14.3. The third kappa shape index (κ3) is 3.91. The van der Waals surface area contributed by atoms with Crippen molar-refractivity contribution in [2.75, 3.05) is 12.5 Å². The SMILES string of the molecule is CCc1nc(C)c(C(=O)O)c(SCOCC2CC2)n1. The number of carboxylic acid groups (broad SMARTS) is 1. The fourth-order valence-electron chi connectivity index (χ4n) is 1.71. The molecule has 0 amide bonds. The van der Waals surface area contributed by atoms with E-state index in [2.05, 4.69) is 9.97 Å². The van der Waals surface area contributed by atoms with Crippen LogP contribution in [0.15, 0.2) is 5.03 Å². The van der Waals surface area contributed by atoms with E-state index in [1.807, 2.05) is 6.92 Å². The van der Waals surface area contributed by atoms with Gasteiger partial charge in [0.1, 0.15) is 16.4 Å². The summed E-state index contributed by atoms with van der Waals surface area (Å²) in [6, 6.07) is 0. The van der Waals surface area contributed by atoms with Crippen LogP contribution in [-0.4, -0.2) is 33.6 Å². The van der Waals surface area contributed by atoms with Crippen LogP contribution in [0.1, 0.15) is 41.6 Å². The zero-order valence-electron chi connectivity index (χ0n) is 11.2. The maximum absolute atomic E-state index is 11.3. The van der Waals surface area contributed by atoms with Crippen molar-refractivity contribution in [3.8, 4) is 0 Å². The summed E-state index contributed by atoms with van der Waals surface area (Å²) in [4.78, 5) is 19.7. The van der Waals surface area contributed by atoms with Gasteiger partial charge in [-0.1, -0.05) is 18.7 Å². The van der Waals surface area contributed by atoms with Crippen molar-refractivity contribution in [3.63, 3.8) is 0 Å². The van der Waals surface area contributed by atoms with Crippen LogP contribution in [0.2, 0.25) is 0 Å². The highest BCUT2D eigenvalue weighted by Gasteiger charge is 2.22. The number of rotatable bonds is 7. The minimum Gasteiger partial charge on any atom is -0.478 e. The summed E-state index contributed by atoms with van der Waals surface area (Å²) in [7, 11) is 0. The van der Waals surface area contributed by atoms with Gasteiger partial charge in [0.05, 0.1) is 18.2 Å². The molecule has 1 aromatic heterocycles. The van der Waals surface area contributed by atoms with Gasteiger partial charge in [0.2, 0.25) is 0 Å². The summed E-state index contributed by atoms with van der Waals surface area (Å²) in [6.07, 6.45) is 3.19. The molecule has 0 unspecified atom stereocenters. The number of carboxylic acids is 1. The Morgan fingerprint density at radius 2 is 2.21 bits per heavy atom. The third-order valence-corrected chi connectivity index (χ3v) is 3.82. The molecule has 0 atom stereocenters. The van der Waals surface area contributed by atoms with Gasteiger partial charge in [-0.2, -0.15) is 0 Å². The Bertz CT molecular complexity index is 475. The van der Waals surface area contributed by atoms with Crippen molar-refractivity contribution in [1.82, 2.24) is 9.97 Å². The quantitative estimate of drug-likeness (QED) is 0.358. The zero-order chi connectivity index (χ0) is 13.8. The van der Waals surface area contributed by atoms with Crippen molar-refractivity contribution in [2.45, 2.75) is 38.1 Å². The average Bonchev–Trinajstić information content (AvgIpc) is 3.17. The Labute approximate surface area is 116 Å². The molecule has 5 nitrogen and oxygen atoms in total. The Morgan fingerprint density at radius 1 is 1.47 bits per heavy atom. The second-order valence-electron chi connectivity index (χ2n) is 4.64. The minimum atomic E-state index is -0.982. The van der Waals surface area contributed by atoms with Crippen LogP contribution < -0.4 is 0 Å². The number of aryl methyl sites for hydroxylation is 2. The van der Waals surface area contributed by atoms with Crippen molar-refractivity contribution in [1.29, 1.82) is 0 Å². The smallest absolute Gasteiger partial charge is 0.340 e. The molecular formula is C13H18N2O3S. The van der Waals surface area contributed by atoms with Crippen LogP contribution in [0.3, 0.4) is 0 Å². The predicted molar refractivity (Wildman–Crippen MR) is 72.5 cm³/mol. The van der Waals surface area contributed by atoms with Crippen molar-refractivity contribution in [2.24, 2.45) is 5.92 Å². The molecule has 1 aliphatic rings. The highest BCUT2D eigenvalue weighted by Crippen LogP contribution is 2.30. The van der Waals surface area contributed by atoms with E-state index in [9.17, 15) is 9.90 Å². The highest BCUT2D eigenvalue weighted by atomic mass is 32.2. The second kappa shape index (κ2) is 6.34. The van der Waals surface area contributed by atoms with Crippen molar-refractivity contribution in [3.05, 3.63) is 17.1 Å². The molecule has 6 heteroatoms. The Morgan fingerprint density at radius 3 is 2.79 bits per heavy atom.